The summed E-state index contributed by atoms with van der Waals surface area (Å²) in [5.74, 6) is 0.703. The van der Waals surface area contributed by atoms with Gasteiger partial charge in [-0.25, -0.2) is 0 Å². The molecule has 0 aliphatic carbocycles. The highest BCUT2D eigenvalue weighted by Gasteiger charge is 2.13. The van der Waals surface area contributed by atoms with E-state index in [0.717, 1.165) is 10.9 Å². The molecule has 0 aliphatic rings. The third kappa shape index (κ3) is 3.95. The highest BCUT2D eigenvalue weighted by atomic mass is 79.9. The van der Waals surface area contributed by atoms with Gasteiger partial charge in [-0.05, 0) is 53.6 Å². The predicted octanol–water partition coefficient (Wildman–Crippen LogP) is 6.44. The average Bonchev–Trinajstić information content (AvgIpc) is 2.38. The van der Waals surface area contributed by atoms with Crippen LogP contribution in [0.1, 0.15) is 40.9 Å². The molecule has 0 bridgehead atoms. The Hall–Kier alpha value is -0.600. The smallest absolute Gasteiger partial charge is 0.0647 e. The zero-order valence-corrected chi connectivity index (χ0v) is 15.3. The van der Waals surface area contributed by atoms with Crippen molar-refractivity contribution in [1.29, 1.82) is 0 Å². The Morgan fingerprint density at radius 2 is 1.65 bits per heavy atom. The molecule has 0 spiro atoms. The summed E-state index contributed by atoms with van der Waals surface area (Å²) in [6.45, 7) is 6.67. The van der Waals surface area contributed by atoms with Gasteiger partial charge in [-0.1, -0.05) is 76.0 Å². The average molecular weight is 396 g/mol. The second kappa shape index (κ2) is 6.91. The van der Waals surface area contributed by atoms with E-state index in [2.05, 4.69) is 95.1 Å². The van der Waals surface area contributed by atoms with Crippen molar-refractivity contribution >= 4 is 31.9 Å². The zero-order chi connectivity index (χ0) is 14.7. The molecule has 0 radical (unpaired) electrons. The van der Waals surface area contributed by atoms with Gasteiger partial charge in [0.05, 0.1) is 4.83 Å². The monoisotopic (exact) mass is 394 g/mol. The fourth-order valence-electron chi connectivity index (χ4n) is 2.40. The minimum atomic E-state index is 0.253. The number of hydrogen-bond acceptors (Lipinski definition) is 0. The highest BCUT2D eigenvalue weighted by molar-refractivity contribution is 9.10. The molecule has 0 fully saturated rings. The summed E-state index contributed by atoms with van der Waals surface area (Å²) >= 11 is 7.35. The molecule has 0 aromatic heterocycles. The van der Waals surface area contributed by atoms with E-state index in [-0.39, 0.29) is 4.83 Å². The number of halogens is 2. The van der Waals surface area contributed by atoms with Crippen molar-refractivity contribution in [3.63, 3.8) is 0 Å². The van der Waals surface area contributed by atoms with Gasteiger partial charge in [-0.3, -0.25) is 0 Å². The third-order valence-electron chi connectivity index (χ3n) is 3.42. The summed E-state index contributed by atoms with van der Waals surface area (Å²) in [5, 5.41) is 0. The van der Waals surface area contributed by atoms with Gasteiger partial charge in [-0.15, -0.1) is 0 Å². The van der Waals surface area contributed by atoms with Gasteiger partial charge >= 0.3 is 0 Å². The molecule has 0 N–H and O–H groups in total. The molecular weight excluding hydrogens is 376 g/mol. The minimum Gasteiger partial charge on any atom is -0.0786 e. The topological polar surface area (TPSA) is 0 Å². The Labute approximate surface area is 138 Å². The summed E-state index contributed by atoms with van der Waals surface area (Å²) in [6, 6.07) is 15.4. The van der Waals surface area contributed by atoms with E-state index in [1.807, 2.05) is 0 Å². The molecule has 2 aromatic carbocycles. The lowest BCUT2D eigenvalue weighted by atomic mass is 9.97. The molecule has 0 saturated heterocycles. The molecule has 0 heterocycles. The molecular formula is C18H20Br2. The summed E-state index contributed by atoms with van der Waals surface area (Å²) < 4.78 is 1.13. The van der Waals surface area contributed by atoms with Gasteiger partial charge in [0.15, 0.2) is 0 Å². The molecule has 1 atom stereocenters. The van der Waals surface area contributed by atoms with Gasteiger partial charge in [0.1, 0.15) is 0 Å². The SMILES string of the molecule is Cc1cc(Br)ccc1C(Br)c1ccc(CC(C)C)cc1. The second-order valence-electron chi connectivity index (χ2n) is 5.70. The quantitative estimate of drug-likeness (QED) is 0.522. The summed E-state index contributed by atoms with van der Waals surface area (Å²) in [6.07, 6.45) is 1.14. The highest BCUT2D eigenvalue weighted by Crippen LogP contribution is 2.34. The maximum atomic E-state index is 3.83. The van der Waals surface area contributed by atoms with Crippen molar-refractivity contribution in [3.05, 3.63) is 69.2 Å². The molecule has 0 aliphatic heterocycles. The first-order valence-electron chi connectivity index (χ1n) is 6.96. The van der Waals surface area contributed by atoms with Crippen LogP contribution in [0.3, 0.4) is 0 Å². The van der Waals surface area contributed by atoms with E-state index in [1.165, 1.54) is 22.3 Å². The number of rotatable bonds is 4. The summed E-state index contributed by atoms with van der Waals surface area (Å²) in [7, 11) is 0. The van der Waals surface area contributed by atoms with Gasteiger partial charge in [0, 0.05) is 4.47 Å². The first-order chi connectivity index (χ1) is 9.47. The van der Waals surface area contributed by atoms with Crippen LogP contribution < -0.4 is 0 Å². The number of aryl methyl sites for hydroxylation is 1. The lowest BCUT2D eigenvalue weighted by molar-refractivity contribution is 0.647. The van der Waals surface area contributed by atoms with Crippen molar-refractivity contribution in [2.24, 2.45) is 5.92 Å². The number of benzene rings is 2. The summed E-state index contributed by atoms with van der Waals surface area (Å²) in [4.78, 5) is 0.253. The molecule has 2 aromatic rings. The molecule has 0 amide bonds. The first kappa shape index (κ1) is 15.8. The first-order valence-corrected chi connectivity index (χ1v) is 8.67. The van der Waals surface area contributed by atoms with Crippen molar-refractivity contribution in [2.45, 2.75) is 32.0 Å². The lowest BCUT2D eigenvalue weighted by Crippen LogP contribution is -1.98. The number of hydrogen-bond donors (Lipinski definition) is 0. The molecule has 106 valence electrons. The van der Waals surface area contributed by atoms with Crippen molar-refractivity contribution in [3.8, 4) is 0 Å². The predicted molar refractivity (Wildman–Crippen MR) is 94.6 cm³/mol. The Morgan fingerprint density at radius 3 is 2.20 bits per heavy atom. The van der Waals surface area contributed by atoms with Crippen LogP contribution in [-0.2, 0) is 6.42 Å². The largest absolute Gasteiger partial charge is 0.0786 e. The van der Waals surface area contributed by atoms with Gasteiger partial charge in [0.2, 0.25) is 0 Å². The van der Waals surface area contributed by atoms with Crippen molar-refractivity contribution in [1.82, 2.24) is 0 Å². The van der Waals surface area contributed by atoms with Crippen LogP contribution in [0.4, 0.5) is 0 Å². The Balaban J connectivity index is 2.22. The van der Waals surface area contributed by atoms with Gasteiger partial charge < -0.3 is 0 Å². The van der Waals surface area contributed by atoms with Crippen LogP contribution in [0, 0.1) is 12.8 Å². The number of alkyl halides is 1. The molecule has 20 heavy (non-hydrogen) atoms. The van der Waals surface area contributed by atoms with Crippen LogP contribution in [-0.4, -0.2) is 0 Å². The van der Waals surface area contributed by atoms with Gasteiger partial charge in [-0.2, -0.15) is 0 Å². The molecule has 2 heteroatoms. The van der Waals surface area contributed by atoms with Crippen LogP contribution in [0.5, 0.6) is 0 Å². The molecule has 0 saturated carbocycles. The van der Waals surface area contributed by atoms with E-state index in [9.17, 15) is 0 Å². The van der Waals surface area contributed by atoms with Crippen LogP contribution in [0.2, 0.25) is 0 Å². The molecule has 1 unspecified atom stereocenters. The maximum absolute atomic E-state index is 3.83. The van der Waals surface area contributed by atoms with E-state index in [0.29, 0.717) is 5.92 Å². The van der Waals surface area contributed by atoms with Crippen LogP contribution in [0.15, 0.2) is 46.9 Å². The molecule has 2 rings (SSSR count). The van der Waals surface area contributed by atoms with E-state index < -0.39 is 0 Å². The van der Waals surface area contributed by atoms with Gasteiger partial charge in [0.25, 0.3) is 0 Å². The third-order valence-corrected chi connectivity index (χ3v) is 4.94. The standard InChI is InChI=1S/C18H20Br2/c1-12(2)10-14-4-6-15(7-5-14)18(20)17-9-8-16(19)11-13(17)3/h4-9,11-12,18H,10H2,1-3H3. The normalized spacial score (nSPS) is 12.7. The maximum Gasteiger partial charge on any atom is 0.0647 e. The minimum absolute atomic E-state index is 0.253. The fourth-order valence-corrected chi connectivity index (χ4v) is 3.69. The summed E-state index contributed by atoms with van der Waals surface area (Å²) in [5.41, 5.74) is 5.34. The molecule has 0 nitrogen and oxygen atoms in total. The van der Waals surface area contributed by atoms with Crippen LogP contribution >= 0.6 is 31.9 Å². The lowest BCUT2D eigenvalue weighted by Gasteiger charge is -2.15. The zero-order valence-electron chi connectivity index (χ0n) is 12.2. The Kier molecular flexibility index (Phi) is 5.45. The van der Waals surface area contributed by atoms with Crippen LogP contribution in [0.25, 0.3) is 0 Å². The van der Waals surface area contributed by atoms with Crippen molar-refractivity contribution in [2.75, 3.05) is 0 Å². The van der Waals surface area contributed by atoms with E-state index >= 15 is 0 Å². The second-order valence-corrected chi connectivity index (χ2v) is 7.53. The van der Waals surface area contributed by atoms with Crippen molar-refractivity contribution < 1.29 is 0 Å². The fraction of sp³-hybridized carbons (Fsp3) is 0.333. The van der Waals surface area contributed by atoms with E-state index in [1.54, 1.807) is 0 Å². The Morgan fingerprint density at radius 1 is 1.00 bits per heavy atom. The Bertz CT molecular complexity index is 570. The van der Waals surface area contributed by atoms with E-state index in [4.69, 9.17) is 0 Å².